The summed E-state index contributed by atoms with van der Waals surface area (Å²) in [7, 11) is 0. The average Bonchev–Trinajstić information content (AvgIpc) is 3.10. The third kappa shape index (κ3) is 4.12. The predicted octanol–water partition coefficient (Wildman–Crippen LogP) is 5.16. The van der Waals surface area contributed by atoms with Gasteiger partial charge in [0.15, 0.2) is 5.82 Å². The first kappa shape index (κ1) is 20.5. The average molecular weight is 444 g/mol. The monoisotopic (exact) mass is 444 g/mol. The minimum absolute atomic E-state index is 0.0569. The molecule has 11 heteroatoms. The largest absolute Gasteiger partial charge is 0.417 e. The highest BCUT2D eigenvalue weighted by Crippen LogP contribution is 2.37. The van der Waals surface area contributed by atoms with Crippen molar-refractivity contribution in [3.63, 3.8) is 0 Å². The van der Waals surface area contributed by atoms with E-state index in [1.54, 1.807) is 36.5 Å². The molecule has 0 fully saturated rings. The Morgan fingerprint density at radius 2 is 1.81 bits per heavy atom. The molecule has 4 aromatic rings. The lowest BCUT2D eigenvalue weighted by Gasteiger charge is -2.14. The lowest BCUT2D eigenvalue weighted by molar-refractivity contribution is -0.139. The maximum atomic E-state index is 13.0. The Kier molecular flexibility index (Phi) is 5.19. The second-order valence-electron chi connectivity index (χ2n) is 6.55. The summed E-state index contributed by atoms with van der Waals surface area (Å²) in [5.74, 6) is 0.323. The number of urea groups is 1. The number of carbonyl (C=O) groups is 1. The molecule has 2 heterocycles. The maximum Gasteiger partial charge on any atom is 0.417 e. The van der Waals surface area contributed by atoms with E-state index < -0.39 is 17.8 Å². The number of carbonyl (C=O) groups excluding carboxylic acids is 1. The Morgan fingerprint density at radius 3 is 2.52 bits per heavy atom. The second kappa shape index (κ2) is 7.84. The number of aromatic nitrogens is 3. The van der Waals surface area contributed by atoms with Gasteiger partial charge in [0.25, 0.3) is 0 Å². The van der Waals surface area contributed by atoms with E-state index >= 15 is 0 Å². The Hall–Kier alpha value is -3.73. The number of hydrogen-bond acceptors (Lipinski definition) is 5. The molecule has 158 valence electrons. The molecular weight excluding hydrogens is 429 g/mol. The predicted molar refractivity (Wildman–Crippen MR) is 115 cm³/mol. The number of aromatic amines is 1. The van der Waals surface area contributed by atoms with Crippen LogP contribution >= 0.6 is 12.6 Å². The van der Waals surface area contributed by atoms with Crippen LogP contribution in [0, 0.1) is 0 Å². The summed E-state index contributed by atoms with van der Waals surface area (Å²) in [5, 5.41) is 12.4. The fourth-order valence-electron chi connectivity index (χ4n) is 3.08. The summed E-state index contributed by atoms with van der Waals surface area (Å²) < 4.78 is 39.0. The van der Waals surface area contributed by atoms with Crippen molar-refractivity contribution in [2.75, 3.05) is 16.4 Å². The summed E-state index contributed by atoms with van der Waals surface area (Å²) in [5.41, 5.74) is 7.47. The van der Waals surface area contributed by atoms with E-state index in [-0.39, 0.29) is 10.6 Å². The third-order valence-corrected chi connectivity index (χ3v) is 4.99. The molecule has 0 saturated heterocycles. The second-order valence-corrected chi connectivity index (χ2v) is 6.99. The molecule has 0 aliphatic heterocycles. The van der Waals surface area contributed by atoms with Gasteiger partial charge < -0.3 is 16.4 Å². The number of benzene rings is 2. The number of rotatable bonds is 3. The summed E-state index contributed by atoms with van der Waals surface area (Å²) in [6, 6.07) is 11.2. The number of nitrogen functional groups attached to an aromatic ring is 1. The number of pyridine rings is 1. The van der Waals surface area contributed by atoms with E-state index in [4.69, 9.17) is 5.73 Å². The van der Waals surface area contributed by atoms with Crippen LogP contribution in [0.1, 0.15) is 5.56 Å². The lowest BCUT2D eigenvalue weighted by Crippen LogP contribution is -2.20. The summed E-state index contributed by atoms with van der Waals surface area (Å²) in [6.45, 7) is 0. The first-order valence-electron chi connectivity index (χ1n) is 8.90. The Labute approximate surface area is 179 Å². The van der Waals surface area contributed by atoms with Crippen LogP contribution < -0.4 is 16.4 Å². The normalized spacial score (nSPS) is 11.5. The van der Waals surface area contributed by atoms with Crippen LogP contribution in [0.4, 0.5) is 35.2 Å². The van der Waals surface area contributed by atoms with E-state index in [1.807, 2.05) is 0 Å². The molecule has 31 heavy (non-hydrogen) atoms. The summed E-state index contributed by atoms with van der Waals surface area (Å²) in [6.07, 6.45) is -2.95. The van der Waals surface area contributed by atoms with Gasteiger partial charge in [-0.1, -0.05) is 18.2 Å². The topological polar surface area (TPSA) is 109 Å². The van der Waals surface area contributed by atoms with Gasteiger partial charge in [-0.05, 0) is 30.3 Å². The lowest BCUT2D eigenvalue weighted by atomic mass is 10.1. The number of alkyl halides is 3. The van der Waals surface area contributed by atoms with Crippen molar-refractivity contribution in [3.8, 4) is 11.3 Å². The molecule has 0 atom stereocenters. The maximum absolute atomic E-state index is 13.0. The molecular formula is C20H15F3N6OS. The van der Waals surface area contributed by atoms with Crippen LogP contribution in [0.3, 0.4) is 0 Å². The standard InChI is InChI=1S/C20H15F3N6OS/c21-20(22,23)12-2-1-3-14(17(12)31)27-19(30)26-11-6-4-10(5-7-11)16-15-13(8-9-25-16)28-29-18(15)24/h1-9,31H,(H3,24,28,29)(H2,26,27,30). The van der Waals surface area contributed by atoms with Crippen LogP contribution in [0.5, 0.6) is 0 Å². The van der Waals surface area contributed by atoms with Gasteiger partial charge in [-0.3, -0.25) is 10.1 Å². The number of amides is 2. The summed E-state index contributed by atoms with van der Waals surface area (Å²) in [4.78, 5) is 16.2. The van der Waals surface area contributed by atoms with Gasteiger partial charge in [0.05, 0.1) is 27.8 Å². The molecule has 0 bridgehead atoms. The van der Waals surface area contributed by atoms with Crippen molar-refractivity contribution >= 4 is 46.8 Å². The minimum Gasteiger partial charge on any atom is -0.382 e. The first-order valence-corrected chi connectivity index (χ1v) is 9.35. The smallest absolute Gasteiger partial charge is 0.382 e. The number of halogens is 3. The number of thiol groups is 1. The van der Waals surface area contributed by atoms with Gasteiger partial charge >= 0.3 is 12.2 Å². The molecule has 0 saturated carbocycles. The Bertz CT molecular complexity index is 1270. The minimum atomic E-state index is -4.57. The molecule has 2 aromatic heterocycles. The quantitative estimate of drug-likeness (QED) is 0.281. The number of anilines is 3. The van der Waals surface area contributed by atoms with Gasteiger partial charge in [0.2, 0.25) is 0 Å². The molecule has 2 amide bonds. The highest BCUT2D eigenvalue weighted by Gasteiger charge is 2.33. The van der Waals surface area contributed by atoms with Crippen molar-refractivity contribution in [2.24, 2.45) is 0 Å². The zero-order valence-corrected chi connectivity index (χ0v) is 16.6. The zero-order valence-electron chi connectivity index (χ0n) is 15.7. The van der Waals surface area contributed by atoms with Gasteiger partial charge in [-0.2, -0.15) is 18.3 Å². The Balaban J connectivity index is 1.51. The zero-order chi connectivity index (χ0) is 22.2. The molecule has 0 spiro atoms. The van der Waals surface area contributed by atoms with E-state index in [1.165, 1.54) is 12.1 Å². The molecule has 4 rings (SSSR count). The van der Waals surface area contributed by atoms with Crippen molar-refractivity contribution in [1.29, 1.82) is 0 Å². The Morgan fingerprint density at radius 1 is 1.06 bits per heavy atom. The molecule has 0 radical (unpaired) electrons. The van der Waals surface area contributed by atoms with Gasteiger partial charge in [-0.15, -0.1) is 12.6 Å². The number of nitrogens with one attached hydrogen (secondary N) is 3. The molecule has 0 unspecified atom stereocenters. The summed E-state index contributed by atoms with van der Waals surface area (Å²) >= 11 is 3.90. The van der Waals surface area contributed by atoms with E-state index in [9.17, 15) is 18.0 Å². The van der Waals surface area contributed by atoms with E-state index in [0.717, 1.165) is 17.1 Å². The van der Waals surface area contributed by atoms with Gasteiger partial charge in [0, 0.05) is 22.3 Å². The fourth-order valence-corrected chi connectivity index (χ4v) is 3.41. The fraction of sp³-hybridized carbons (Fsp3) is 0.0500. The van der Waals surface area contributed by atoms with Gasteiger partial charge in [0.1, 0.15) is 0 Å². The highest BCUT2D eigenvalue weighted by atomic mass is 32.1. The third-order valence-electron chi connectivity index (χ3n) is 4.51. The van der Waals surface area contributed by atoms with Crippen LogP contribution in [-0.2, 0) is 6.18 Å². The van der Waals surface area contributed by atoms with Crippen molar-refractivity contribution in [2.45, 2.75) is 11.1 Å². The van der Waals surface area contributed by atoms with Crippen molar-refractivity contribution in [3.05, 3.63) is 60.3 Å². The van der Waals surface area contributed by atoms with Crippen LogP contribution in [-0.4, -0.2) is 21.2 Å². The first-order chi connectivity index (χ1) is 14.7. The SMILES string of the molecule is Nc1n[nH]c2ccnc(-c3ccc(NC(=O)Nc4cccc(C(F)(F)F)c4S)cc3)c12. The molecule has 0 aliphatic carbocycles. The van der Waals surface area contributed by atoms with Crippen LogP contribution in [0.25, 0.3) is 22.2 Å². The number of nitrogens with two attached hydrogens (primary N) is 1. The number of hydrogen-bond donors (Lipinski definition) is 5. The number of H-pyrrole nitrogens is 1. The van der Waals surface area contributed by atoms with E-state index in [2.05, 4.69) is 38.4 Å². The molecule has 2 aromatic carbocycles. The number of fused-ring (bicyclic) bond motifs is 1. The van der Waals surface area contributed by atoms with Crippen LogP contribution in [0.15, 0.2) is 59.6 Å². The van der Waals surface area contributed by atoms with Crippen molar-refractivity contribution < 1.29 is 18.0 Å². The highest BCUT2D eigenvalue weighted by molar-refractivity contribution is 7.80. The van der Waals surface area contributed by atoms with Crippen molar-refractivity contribution in [1.82, 2.24) is 15.2 Å². The van der Waals surface area contributed by atoms with Crippen LogP contribution in [0.2, 0.25) is 0 Å². The molecule has 0 aliphatic rings. The molecule has 7 nitrogen and oxygen atoms in total. The molecule has 5 N–H and O–H groups in total. The van der Waals surface area contributed by atoms with Gasteiger partial charge in [-0.25, -0.2) is 4.79 Å². The van der Waals surface area contributed by atoms with E-state index in [0.29, 0.717) is 22.6 Å². The number of nitrogens with zero attached hydrogens (tertiary/aromatic N) is 2.